The molecule has 0 bridgehead atoms. The molecule has 3 heterocycles. The number of aryl methyl sites for hydroxylation is 1. The summed E-state index contributed by atoms with van der Waals surface area (Å²) in [5.74, 6) is -2.06. The summed E-state index contributed by atoms with van der Waals surface area (Å²) in [7, 11) is -26.4. The fourth-order valence-electron chi connectivity index (χ4n) is 7.71. The number of fused-ring (bicyclic) bond motifs is 6. The minimum atomic E-state index is -4.92. The van der Waals surface area contributed by atoms with Gasteiger partial charge in [0.15, 0.2) is 11.3 Å². The lowest BCUT2D eigenvalue weighted by Crippen LogP contribution is -2.08. The monoisotopic (exact) mass is 1330 g/mol. The number of thioether (sulfide) groups is 1. The number of nitriles is 1. The van der Waals surface area contributed by atoms with Gasteiger partial charge in [-0.2, -0.15) is 52.5 Å². The highest BCUT2D eigenvalue weighted by Gasteiger charge is 2.26. The summed E-state index contributed by atoms with van der Waals surface area (Å²) in [4.78, 5) is 6.98. The van der Waals surface area contributed by atoms with Gasteiger partial charge in [0.05, 0.1) is 66.8 Å². The van der Waals surface area contributed by atoms with Gasteiger partial charge in [-0.25, -0.2) is 9.97 Å². The number of imidazole rings is 1. The van der Waals surface area contributed by atoms with E-state index in [1.54, 1.807) is 6.92 Å². The molecule has 0 radical (unpaired) electrons. The second kappa shape index (κ2) is 25.2. The molecule has 40 heteroatoms. The molecule has 7 N–H and O–H groups in total. The van der Waals surface area contributed by atoms with E-state index in [2.05, 4.69) is 40.7 Å². The Bertz CT molecular complexity index is 4900. The largest absolute Gasteiger partial charge is 0.493 e. The number of hydrogen-bond acceptors (Lipinski definition) is 27. The molecule has 0 amide bonds. The van der Waals surface area contributed by atoms with E-state index in [0.29, 0.717) is 5.56 Å². The molecule has 0 saturated heterocycles. The van der Waals surface area contributed by atoms with Gasteiger partial charge in [0, 0.05) is 27.5 Å². The second-order valence-corrected chi connectivity index (χ2v) is 27.5. The van der Waals surface area contributed by atoms with E-state index in [-0.39, 0.29) is 129 Å². The molecule has 0 saturated carbocycles. The maximum absolute atomic E-state index is 12.5. The Hall–Kier alpha value is -7.14. The zero-order valence-corrected chi connectivity index (χ0v) is 49.5. The van der Waals surface area contributed by atoms with Crippen molar-refractivity contribution in [2.75, 3.05) is 23.9 Å². The van der Waals surface area contributed by atoms with Crippen LogP contribution in [0.5, 0.6) is 11.6 Å². The highest BCUT2D eigenvalue weighted by Crippen LogP contribution is 2.45. The standard InChI is InChI=1S/C44H37ClN10O18S7.O3S/c1-21-11-32(51-53-38-22(2)28(19-46)42-47-39-29(45)15-26(79(67,68)69)16-34(39)55(42)43(38)57)35(73-7-3-9-76(58,59)60)17-30(21)49-52-33-12-24(20-56)31(18-36(33)74-8-4-10-77(61,62)63)50-54-44-48-40-37(80(70,71)72)13-23-5-6-25(78(64,65)66)14-27(23)41(40)75-44;1-4(2)3/h5-6,11-18,56-57H,3-4,7-10,20H2,1-2H3,(H,58,59,60)(H,61,62,63)(H,64,65,66)(H,67,68,69)(H,70,71,72);. The van der Waals surface area contributed by atoms with E-state index in [1.807, 2.05) is 6.07 Å². The first-order valence-electron chi connectivity index (χ1n) is 22.8. The Morgan fingerprint density at radius 1 is 0.726 bits per heavy atom. The topological polar surface area (TPSA) is 501 Å². The van der Waals surface area contributed by atoms with Gasteiger partial charge in [0.2, 0.25) is 11.0 Å². The third-order valence-corrected chi connectivity index (χ3v) is 18.0. The van der Waals surface area contributed by atoms with Gasteiger partial charge < -0.3 is 14.9 Å². The summed E-state index contributed by atoms with van der Waals surface area (Å²) < 4.78 is 200. The lowest BCUT2D eigenvalue weighted by Gasteiger charge is -2.12. The number of azo groups is 3. The van der Waals surface area contributed by atoms with Crippen molar-refractivity contribution in [3.8, 4) is 17.7 Å². The van der Waals surface area contributed by atoms with Gasteiger partial charge in [-0.3, -0.25) is 27.2 Å². The van der Waals surface area contributed by atoms with Crippen molar-refractivity contribution in [3.63, 3.8) is 0 Å². The Morgan fingerprint density at radius 2 is 1.36 bits per heavy atom. The zero-order chi connectivity index (χ0) is 62.0. The predicted molar refractivity (Wildman–Crippen MR) is 299 cm³/mol. The quantitative estimate of drug-likeness (QED) is 0.0162. The Kier molecular flexibility index (Phi) is 19.3. The molecule has 0 aliphatic rings. The second-order valence-electron chi connectivity index (χ2n) is 17.2. The van der Waals surface area contributed by atoms with Crippen LogP contribution in [-0.2, 0) is 67.8 Å². The first-order valence-corrected chi connectivity index (χ1v) is 33.5. The van der Waals surface area contributed by atoms with Crippen molar-refractivity contribution >= 4 is 167 Å². The number of aromatic hydroxyl groups is 1. The Labute approximate surface area is 488 Å². The number of rotatable bonds is 20. The van der Waals surface area contributed by atoms with E-state index in [0.717, 1.165) is 57.8 Å². The molecule has 0 fully saturated rings. The maximum atomic E-state index is 12.5. The smallest absolute Gasteiger partial charge is 0.425 e. The number of thiazole rings is 1. The van der Waals surface area contributed by atoms with Crippen molar-refractivity contribution < 1.29 is 92.4 Å². The lowest BCUT2D eigenvalue weighted by molar-refractivity contribution is 0.282. The number of halogens is 1. The molecule has 5 aromatic carbocycles. The predicted octanol–water partition coefficient (Wildman–Crippen LogP) is 8.60. The molecule has 0 aliphatic heterocycles. The first-order chi connectivity index (χ1) is 39.1. The minimum absolute atomic E-state index is 0.0156. The first kappa shape index (κ1) is 64.4. The van der Waals surface area contributed by atoms with Crippen molar-refractivity contribution in [3.05, 3.63) is 87.9 Å². The van der Waals surface area contributed by atoms with E-state index in [1.165, 1.54) is 37.3 Å². The Balaban J connectivity index is 0.00000245. The van der Waals surface area contributed by atoms with Crippen molar-refractivity contribution in [2.45, 2.75) is 52.9 Å². The van der Waals surface area contributed by atoms with Crippen LogP contribution in [0.3, 0.4) is 0 Å². The molecule has 0 aliphatic carbocycles. The molecule has 0 unspecified atom stereocenters. The minimum Gasteiger partial charge on any atom is -0.493 e. The van der Waals surface area contributed by atoms with Crippen LogP contribution in [0.4, 0.5) is 33.6 Å². The highest BCUT2D eigenvalue weighted by atomic mass is 35.5. The van der Waals surface area contributed by atoms with Gasteiger partial charge in [-0.05, 0) is 91.9 Å². The van der Waals surface area contributed by atoms with Gasteiger partial charge >= 0.3 is 10.6 Å². The summed E-state index contributed by atoms with van der Waals surface area (Å²) >= 11 is 8.09. The molecular formula is C44H37ClN10O21S8. The van der Waals surface area contributed by atoms with Crippen LogP contribution >= 0.6 is 34.7 Å². The third-order valence-electron chi connectivity index (χ3n) is 11.4. The fourth-order valence-corrected chi connectivity index (χ4v) is 12.9. The molecule has 3 aromatic heterocycles. The van der Waals surface area contributed by atoms with Crippen LogP contribution < -0.4 is 4.74 Å². The van der Waals surface area contributed by atoms with Crippen LogP contribution in [-0.4, -0.2) is 126 Å². The molecule has 444 valence electrons. The summed E-state index contributed by atoms with van der Waals surface area (Å²) in [5, 5.41) is 57.9. The van der Waals surface area contributed by atoms with E-state index >= 15 is 0 Å². The molecule has 31 nitrogen and oxygen atoms in total. The normalized spacial score (nSPS) is 12.8. The number of nitrogens with zero attached hydrogens (tertiary/aromatic N) is 10. The van der Waals surface area contributed by atoms with Gasteiger partial charge in [0.1, 0.15) is 39.0 Å². The van der Waals surface area contributed by atoms with Gasteiger partial charge in [-0.15, -0.1) is 50.0 Å². The summed E-state index contributed by atoms with van der Waals surface area (Å²) in [6.45, 7) is 1.95. The number of hydrogen-bond donors (Lipinski definition) is 7. The Morgan fingerprint density at radius 3 is 1.98 bits per heavy atom. The van der Waals surface area contributed by atoms with E-state index in [4.69, 9.17) is 29.0 Å². The number of benzene rings is 5. The molecule has 84 heavy (non-hydrogen) atoms. The van der Waals surface area contributed by atoms with Gasteiger partial charge in [-0.1, -0.05) is 29.0 Å². The average molecular weight is 1330 g/mol. The number of aliphatic hydroxyl groups is 1. The average Bonchev–Trinajstić information content (AvgIpc) is 1.77. The zero-order valence-electron chi connectivity index (χ0n) is 42.2. The third kappa shape index (κ3) is 15.4. The molecule has 8 rings (SSSR count). The summed E-state index contributed by atoms with van der Waals surface area (Å²) in [5.41, 5.74) is -0.558. The molecular weight excluding hydrogens is 1300 g/mol. The van der Waals surface area contributed by atoms with Crippen molar-refractivity contribution in [2.24, 2.45) is 30.7 Å². The van der Waals surface area contributed by atoms with Crippen LogP contribution in [0.1, 0.15) is 35.1 Å². The highest BCUT2D eigenvalue weighted by molar-refractivity contribution is 7.99. The van der Waals surface area contributed by atoms with Crippen molar-refractivity contribution in [1.29, 1.82) is 5.26 Å². The summed E-state index contributed by atoms with van der Waals surface area (Å²) in [6, 6.07) is 13.7. The van der Waals surface area contributed by atoms with Gasteiger partial charge in [0.25, 0.3) is 50.6 Å². The van der Waals surface area contributed by atoms with Crippen LogP contribution in [0.15, 0.2) is 111 Å². The number of ether oxygens (including phenoxy) is 1. The van der Waals surface area contributed by atoms with E-state index in [9.17, 15) is 80.3 Å². The number of aromatic nitrogens is 3. The maximum Gasteiger partial charge on any atom is 0.425 e. The number of pyridine rings is 1. The van der Waals surface area contributed by atoms with Crippen LogP contribution in [0.25, 0.3) is 37.7 Å². The van der Waals surface area contributed by atoms with Crippen molar-refractivity contribution in [1.82, 2.24) is 14.4 Å². The SMILES string of the molecule is Cc1cc(N=Nc2c(C)c(C#N)c3nc4c(Cl)cc(S(=O)(=O)O)cc4n3c2O)c(OCCCS(=O)(=O)O)cc1N=Nc1cc(CO)c(N=Nc2nc3c(S(=O)(=O)O)cc4ccc(S(=O)(=O)O)cc4c3s2)cc1SCCCS(=O)(=O)O.O=S(=O)=O. The number of aliphatic hydroxyl groups excluding tert-OH is 1. The summed E-state index contributed by atoms with van der Waals surface area (Å²) in [6.07, 6.45) is -0.290. The molecule has 0 spiro atoms. The van der Waals surface area contributed by atoms with Crippen LogP contribution in [0, 0.1) is 25.2 Å². The fraction of sp³-hybridized carbons (Fsp3) is 0.205. The van der Waals surface area contributed by atoms with Crippen LogP contribution in [0.2, 0.25) is 5.02 Å². The lowest BCUT2D eigenvalue weighted by atomic mass is 10.1. The van der Waals surface area contributed by atoms with E-state index < -0.39 is 99.9 Å². The molecule has 0 atom stereocenters. The molecule has 8 aromatic rings.